The van der Waals surface area contributed by atoms with Gasteiger partial charge in [-0.1, -0.05) is 246 Å². The van der Waals surface area contributed by atoms with Crippen LogP contribution >= 0.6 is 7.82 Å². The quantitative estimate of drug-likeness (QED) is 0.0155. The molecular formula is C69H131N2O19P. The SMILES string of the molecule is CCCCCCCCCCCC(=O)O[C@H](CCCCCCCCCCC)CCO[C@@H]1[C@@H](NC(C)=O)[C@H](OC[C@H]2O[C@H](C(=O)O)[C@H](NC(=O)C[C@H](O)CCCCCCCCCCC)[C@@H](OCC[C@H](O)CCCCCCCCCCC)[C@@H]2O)O[C@H](CO)[C@H]1OP(=O)(O)O. The van der Waals surface area contributed by atoms with Crippen LogP contribution in [-0.2, 0) is 56.7 Å². The van der Waals surface area contributed by atoms with Gasteiger partial charge in [0.15, 0.2) is 12.4 Å². The summed E-state index contributed by atoms with van der Waals surface area (Å²) in [6.45, 7) is 8.11. The monoisotopic (exact) mass is 1320 g/mol. The van der Waals surface area contributed by atoms with Crippen LogP contribution in [0.15, 0.2) is 0 Å². The Bertz CT molecular complexity index is 1870. The lowest BCUT2D eigenvalue weighted by molar-refractivity contribution is -0.289. The minimum atomic E-state index is -5.34. The number of aliphatic carboxylic acids is 1. The molecule has 0 aromatic heterocycles. The van der Waals surface area contributed by atoms with Crippen LogP contribution in [0.4, 0.5) is 0 Å². The Hall–Kier alpha value is -2.37. The van der Waals surface area contributed by atoms with Crippen molar-refractivity contribution in [3.63, 3.8) is 0 Å². The number of carbonyl (C=O) groups excluding carboxylic acids is 3. The topological polar surface area (TPSA) is 316 Å². The molecule has 0 aromatic rings. The molecule has 22 heteroatoms. The molecule has 21 nitrogen and oxygen atoms in total. The zero-order chi connectivity index (χ0) is 66.9. The normalized spacial score (nSPS) is 23.0. The molecule has 0 spiro atoms. The molecule has 2 aliphatic rings. The Balaban J connectivity index is 2.36. The largest absolute Gasteiger partial charge is 0.479 e. The van der Waals surface area contributed by atoms with Gasteiger partial charge in [-0.3, -0.25) is 18.9 Å². The Morgan fingerprint density at radius 3 is 1.41 bits per heavy atom. The van der Waals surface area contributed by atoms with Crippen LogP contribution in [0.1, 0.15) is 311 Å². The average molecular weight is 1320 g/mol. The summed E-state index contributed by atoms with van der Waals surface area (Å²) in [6.07, 6.45) is 25.8. The van der Waals surface area contributed by atoms with E-state index < -0.39 is 118 Å². The lowest BCUT2D eigenvalue weighted by Gasteiger charge is -2.47. The second kappa shape index (κ2) is 53.7. The van der Waals surface area contributed by atoms with E-state index in [-0.39, 0.29) is 44.9 Å². The molecule has 2 rings (SSSR count). The lowest BCUT2D eigenvalue weighted by atomic mass is 9.91. The van der Waals surface area contributed by atoms with Crippen molar-refractivity contribution in [2.45, 2.75) is 390 Å². The highest BCUT2D eigenvalue weighted by molar-refractivity contribution is 7.46. The molecule has 13 atom stereocenters. The van der Waals surface area contributed by atoms with Crippen LogP contribution in [0.5, 0.6) is 0 Å². The number of aliphatic hydroxyl groups excluding tert-OH is 4. The molecular weight excluding hydrogens is 1190 g/mol. The third kappa shape index (κ3) is 40.7. The summed E-state index contributed by atoms with van der Waals surface area (Å²) in [5.74, 6) is -3.18. The fourth-order valence-electron chi connectivity index (χ4n) is 12.4. The Labute approximate surface area is 548 Å². The summed E-state index contributed by atoms with van der Waals surface area (Å²) in [4.78, 5) is 73.6. The van der Waals surface area contributed by atoms with E-state index >= 15 is 0 Å². The van der Waals surface area contributed by atoms with Crippen molar-refractivity contribution < 1.29 is 92.0 Å². The van der Waals surface area contributed by atoms with E-state index in [4.69, 9.17) is 32.9 Å². The number of carboxylic acids is 1. The number of carboxylic acid groups (broad SMARTS) is 1. The predicted octanol–water partition coefficient (Wildman–Crippen LogP) is 12.7. The highest BCUT2D eigenvalue weighted by Gasteiger charge is 2.53. The summed E-state index contributed by atoms with van der Waals surface area (Å²) in [6, 6.07) is -2.91. The summed E-state index contributed by atoms with van der Waals surface area (Å²) in [7, 11) is -5.34. The number of phosphoric acid groups is 1. The van der Waals surface area contributed by atoms with Gasteiger partial charge < -0.3 is 74.4 Å². The minimum Gasteiger partial charge on any atom is -0.479 e. The molecule has 2 saturated heterocycles. The third-order valence-corrected chi connectivity index (χ3v) is 18.3. The van der Waals surface area contributed by atoms with Crippen molar-refractivity contribution in [2.24, 2.45) is 0 Å². The van der Waals surface area contributed by atoms with Crippen LogP contribution in [-0.4, -0.2) is 165 Å². The summed E-state index contributed by atoms with van der Waals surface area (Å²) < 4.78 is 54.9. The lowest BCUT2D eigenvalue weighted by Crippen LogP contribution is -2.68. The van der Waals surface area contributed by atoms with E-state index in [0.29, 0.717) is 32.1 Å². The zero-order valence-electron chi connectivity index (χ0n) is 57.2. The van der Waals surface area contributed by atoms with Gasteiger partial charge in [0.05, 0.1) is 44.5 Å². The predicted molar refractivity (Wildman–Crippen MR) is 353 cm³/mol. The van der Waals surface area contributed by atoms with Gasteiger partial charge in [0.2, 0.25) is 11.8 Å². The summed E-state index contributed by atoms with van der Waals surface area (Å²) >= 11 is 0. The van der Waals surface area contributed by atoms with Gasteiger partial charge in [0.25, 0.3) is 0 Å². The van der Waals surface area contributed by atoms with Gasteiger partial charge in [0, 0.05) is 26.4 Å². The molecule has 2 heterocycles. The maximum atomic E-state index is 13.7. The van der Waals surface area contributed by atoms with Gasteiger partial charge in [-0.05, 0) is 38.5 Å². The molecule has 0 aliphatic carbocycles. The maximum absolute atomic E-state index is 13.7. The van der Waals surface area contributed by atoms with E-state index in [1.165, 1.54) is 122 Å². The molecule has 91 heavy (non-hydrogen) atoms. The number of ether oxygens (including phenoxy) is 6. The van der Waals surface area contributed by atoms with Crippen molar-refractivity contribution in [3.8, 4) is 0 Å². The number of amides is 2. The van der Waals surface area contributed by atoms with E-state index in [2.05, 4.69) is 38.3 Å². The van der Waals surface area contributed by atoms with Gasteiger partial charge in [-0.15, -0.1) is 0 Å². The third-order valence-electron chi connectivity index (χ3n) is 17.8. The van der Waals surface area contributed by atoms with Crippen molar-refractivity contribution >= 4 is 31.6 Å². The van der Waals surface area contributed by atoms with Crippen LogP contribution in [0.2, 0.25) is 0 Å². The number of carbonyl (C=O) groups is 4. The molecule has 0 aromatic carbocycles. The van der Waals surface area contributed by atoms with Crippen LogP contribution < -0.4 is 10.6 Å². The van der Waals surface area contributed by atoms with Crippen LogP contribution in [0, 0.1) is 0 Å². The van der Waals surface area contributed by atoms with Gasteiger partial charge in [-0.25, -0.2) is 9.36 Å². The standard InChI is InChI=1S/C69H131N2O19P/c1-6-10-14-18-22-26-30-34-38-42-54(74)46-48-84-65-61(71-59(76)50-55(75)43-39-35-31-27-23-19-15-11-7-2)67(68(79)80)88-58(63(65)78)52-86-69-62(70-53(5)73)66(64(57(51-72)89-69)90-91(81,82)83)85-49-47-56(44-40-36-32-28-24-20-16-12-8-3)87-60(77)45-41-37-33-29-25-21-17-13-9-4/h54-58,61-67,69,72,74-75,78H,6-52H2,1-5H3,(H,70,73)(H,71,76)(H,79,80)(H2,81,82,83)/t54-,55-,56-,57-,58-,61-,62-,63-,64-,65-,66-,67+,69-/m1/s1. The number of esters is 1. The highest BCUT2D eigenvalue weighted by atomic mass is 31.2. The van der Waals surface area contributed by atoms with Crippen LogP contribution in [0.3, 0.4) is 0 Å². The Kier molecular flexibility index (Phi) is 50.0. The molecule has 0 bridgehead atoms. The number of rotatable bonds is 60. The highest BCUT2D eigenvalue weighted by Crippen LogP contribution is 2.42. The van der Waals surface area contributed by atoms with Crippen molar-refractivity contribution in [3.05, 3.63) is 0 Å². The molecule has 2 amide bonds. The molecule has 536 valence electrons. The maximum Gasteiger partial charge on any atom is 0.470 e. The first-order valence-electron chi connectivity index (χ1n) is 36.4. The van der Waals surface area contributed by atoms with Gasteiger partial charge in [0.1, 0.15) is 48.8 Å². The molecule has 0 unspecified atom stereocenters. The first-order chi connectivity index (χ1) is 43.9. The zero-order valence-corrected chi connectivity index (χ0v) is 58.1. The summed E-state index contributed by atoms with van der Waals surface area (Å²) in [5.41, 5.74) is 0. The molecule has 2 fully saturated rings. The first kappa shape index (κ1) is 84.7. The summed E-state index contributed by atoms with van der Waals surface area (Å²) in [5, 5.41) is 60.9. The first-order valence-corrected chi connectivity index (χ1v) is 38.0. The minimum absolute atomic E-state index is 0.135. The van der Waals surface area contributed by atoms with Crippen molar-refractivity contribution in [1.29, 1.82) is 0 Å². The number of unbranched alkanes of at least 4 members (excludes halogenated alkanes) is 32. The fourth-order valence-corrected chi connectivity index (χ4v) is 13.0. The Morgan fingerprint density at radius 1 is 0.505 bits per heavy atom. The molecule has 0 radical (unpaired) electrons. The van der Waals surface area contributed by atoms with E-state index in [9.17, 15) is 59.1 Å². The van der Waals surface area contributed by atoms with Crippen molar-refractivity contribution in [1.82, 2.24) is 10.6 Å². The molecule has 0 saturated carbocycles. The van der Waals surface area contributed by atoms with Crippen LogP contribution in [0.25, 0.3) is 0 Å². The van der Waals surface area contributed by atoms with Gasteiger partial charge >= 0.3 is 19.8 Å². The van der Waals surface area contributed by atoms with Crippen molar-refractivity contribution in [2.75, 3.05) is 26.4 Å². The number of aliphatic hydroxyl groups is 4. The van der Waals surface area contributed by atoms with E-state index in [1.807, 2.05) is 0 Å². The average Bonchev–Trinajstić information content (AvgIpc) is 0.808. The van der Waals surface area contributed by atoms with Gasteiger partial charge in [-0.2, -0.15) is 0 Å². The molecule has 2 aliphatic heterocycles. The smallest absolute Gasteiger partial charge is 0.470 e. The second-order valence-electron chi connectivity index (χ2n) is 26.2. The Morgan fingerprint density at radius 2 is 0.945 bits per heavy atom. The molecule has 9 N–H and O–H groups in total. The number of nitrogens with one attached hydrogen (secondary N) is 2. The van der Waals surface area contributed by atoms with E-state index in [0.717, 1.165) is 103 Å². The number of hydrogen-bond acceptors (Lipinski definition) is 16. The van der Waals surface area contributed by atoms with E-state index in [1.54, 1.807) is 0 Å². The second-order valence-corrected chi connectivity index (χ2v) is 27.4. The fraction of sp³-hybridized carbons (Fsp3) is 0.942. The number of hydrogen-bond donors (Lipinski definition) is 9. The number of phosphoric ester groups is 1.